The molecule has 0 aliphatic carbocycles. The number of para-hydroxylation sites is 1. The normalized spacial score (nSPS) is 11.5. The van der Waals surface area contributed by atoms with Crippen LogP contribution in [0.1, 0.15) is 31.4 Å². The molecular formula is C14H19NO. The maximum atomic E-state index is 9.98. The van der Waals surface area contributed by atoms with Gasteiger partial charge in [-0.1, -0.05) is 31.0 Å². The van der Waals surface area contributed by atoms with E-state index in [0.717, 1.165) is 24.1 Å². The van der Waals surface area contributed by atoms with E-state index in [1.54, 1.807) is 0 Å². The standard InChI is InChI=1S/C14H19NO/c1-4-5-6-11-14(16)12-9-7-8-10-13(12)15(2)3/h7-10,14,16H,4-5H2,1-3H3. The molecule has 0 fully saturated rings. The molecule has 1 unspecified atom stereocenters. The van der Waals surface area contributed by atoms with Crippen LogP contribution in [0.15, 0.2) is 24.3 Å². The second kappa shape index (κ2) is 6.19. The average molecular weight is 217 g/mol. The summed E-state index contributed by atoms with van der Waals surface area (Å²) in [7, 11) is 3.93. The smallest absolute Gasteiger partial charge is 0.142 e. The van der Waals surface area contributed by atoms with Crippen LogP contribution in [0, 0.1) is 11.8 Å². The van der Waals surface area contributed by atoms with Crippen LogP contribution in [0.4, 0.5) is 5.69 Å². The van der Waals surface area contributed by atoms with E-state index in [2.05, 4.69) is 18.8 Å². The molecule has 1 rings (SSSR count). The van der Waals surface area contributed by atoms with Crippen molar-refractivity contribution in [2.24, 2.45) is 0 Å². The van der Waals surface area contributed by atoms with E-state index in [9.17, 15) is 5.11 Å². The van der Waals surface area contributed by atoms with Gasteiger partial charge in [0.15, 0.2) is 0 Å². The van der Waals surface area contributed by atoms with Crippen molar-refractivity contribution < 1.29 is 5.11 Å². The van der Waals surface area contributed by atoms with Crippen molar-refractivity contribution in [1.29, 1.82) is 0 Å². The molecule has 2 nitrogen and oxygen atoms in total. The molecule has 1 atom stereocenters. The molecule has 1 aromatic rings. The number of benzene rings is 1. The van der Waals surface area contributed by atoms with Crippen LogP contribution in [-0.2, 0) is 0 Å². The van der Waals surface area contributed by atoms with Crippen LogP contribution in [0.3, 0.4) is 0 Å². The molecule has 0 spiro atoms. The summed E-state index contributed by atoms with van der Waals surface area (Å²) in [5, 5.41) is 9.98. The van der Waals surface area contributed by atoms with Gasteiger partial charge in [0.2, 0.25) is 0 Å². The Kier molecular flexibility index (Phi) is 4.88. The van der Waals surface area contributed by atoms with Crippen molar-refractivity contribution in [3.05, 3.63) is 29.8 Å². The van der Waals surface area contributed by atoms with Crippen LogP contribution in [-0.4, -0.2) is 19.2 Å². The summed E-state index contributed by atoms with van der Waals surface area (Å²) in [6, 6.07) is 7.79. The summed E-state index contributed by atoms with van der Waals surface area (Å²) in [4.78, 5) is 1.99. The highest BCUT2D eigenvalue weighted by atomic mass is 16.3. The summed E-state index contributed by atoms with van der Waals surface area (Å²) in [5.74, 6) is 5.85. The third-order valence-electron chi connectivity index (χ3n) is 2.33. The first-order valence-corrected chi connectivity index (χ1v) is 5.59. The number of unbranched alkanes of at least 4 members (excludes halogenated alkanes) is 1. The molecule has 1 N–H and O–H groups in total. The Balaban J connectivity index is 2.91. The number of aliphatic hydroxyl groups is 1. The summed E-state index contributed by atoms with van der Waals surface area (Å²) >= 11 is 0. The van der Waals surface area contributed by atoms with E-state index in [4.69, 9.17) is 0 Å². The van der Waals surface area contributed by atoms with E-state index < -0.39 is 6.10 Å². The van der Waals surface area contributed by atoms with Gasteiger partial charge in [0.1, 0.15) is 6.10 Å². The lowest BCUT2D eigenvalue weighted by atomic mass is 10.1. The average Bonchev–Trinajstić information content (AvgIpc) is 2.29. The highest BCUT2D eigenvalue weighted by Crippen LogP contribution is 2.24. The molecule has 86 valence electrons. The minimum absolute atomic E-state index is 0.690. The second-order valence-corrected chi connectivity index (χ2v) is 3.93. The van der Waals surface area contributed by atoms with E-state index in [1.807, 2.05) is 43.3 Å². The van der Waals surface area contributed by atoms with Crippen molar-refractivity contribution >= 4 is 5.69 Å². The Morgan fingerprint density at radius 3 is 2.62 bits per heavy atom. The predicted molar refractivity (Wildman–Crippen MR) is 68.4 cm³/mol. The molecule has 0 radical (unpaired) electrons. The number of nitrogens with zero attached hydrogens (tertiary/aromatic N) is 1. The third-order valence-corrected chi connectivity index (χ3v) is 2.33. The summed E-state index contributed by atoms with van der Waals surface area (Å²) < 4.78 is 0. The zero-order valence-electron chi connectivity index (χ0n) is 10.2. The molecule has 0 aliphatic heterocycles. The lowest BCUT2D eigenvalue weighted by molar-refractivity contribution is 0.238. The maximum absolute atomic E-state index is 9.98. The lowest BCUT2D eigenvalue weighted by Gasteiger charge is -2.18. The van der Waals surface area contributed by atoms with Gasteiger partial charge >= 0.3 is 0 Å². The van der Waals surface area contributed by atoms with Gasteiger partial charge in [0.05, 0.1) is 0 Å². The van der Waals surface area contributed by atoms with Gasteiger partial charge in [0.25, 0.3) is 0 Å². The summed E-state index contributed by atoms with van der Waals surface area (Å²) in [5.41, 5.74) is 1.89. The zero-order chi connectivity index (χ0) is 12.0. The van der Waals surface area contributed by atoms with Crippen LogP contribution in [0.25, 0.3) is 0 Å². The fraction of sp³-hybridized carbons (Fsp3) is 0.429. The monoisotopic (exact) mass is 217 g/mol. The predicted octanol–water partition coefficient (Wildman–Crippen LogP) is 2.59. The number of anilines is 1. The Hall–Kier alpha value is -1.46. The fourth-order valence-corrected chi connectivity index (χ4v) is 1.50. The molecule has 0 saturated carbocycles. The Bertz CT molecular complexity index is 387. The first-order chi connectivity index (χ1) is 7.66. The Labute approximate surface area is 97.9 Å². The molecule has 0 aliphatic rings. The van der Waals surface area contributed by atoms with Crippen LogP contribution in [0.2, 0.25) is 0 Å². The van der Waals surface area contributed by atoms with Crippen LogP contribution < -0.4 is 4.90 Å². The van der Waals surface area contributed by atoms with Crippen molar-refractivity contribution in [2.45, 2.75) is 25.9 Å². The summed E-state index contributed by atoms with van der Waals surface area (Å²) in [6.45, 7) is 2.08. The van der Waals surface area contributed by atoms with Gasteiger partial charge in [-0.15, -0.1) is 5.92 Å². The molecule has 0 heterocycles. The quantitative estimate of drug-likeness (QED) is 0.787. The third kappa shape index (κ3) is 3.29. The Morgan fingerprint density at radius 1 is 1.31 bits per heavy atom. The van der Waals surface area contributed by atoms with E-state index >= 15 is 0 Å². The van der Waals surface area contributed by atoms with Gasteiger partial charge in [-0.2, -0.15) is 0 Å². The zero-order valence-corrected chi connectivity index (χ0v) is 10.2. The topological polar surface area (TPSA) is 23.5 Å². The highest BCUT2D eigenvalue weighted by Gasteiger charge is 2.10. The summed E-state index contributed by atoms with van der Waals surface area (Å²) in [6.07, 6.45) is 1.17. The molecule has 16 heavy (non-hydrogen) atoms. The minimum Gasteiger partial charge on any atom is -0.377 e. The fourth-order valence-electron chi connectivity index (χ4n) is 1.50. The first kappa shape index (κ1) is 12.6. The SMILES string of the molecule is CCCC#CC(O)c1ccccc1N(C)C. The number of hydrogen-bond donors (Lipinski definition) is 1. The molecule has 0 amide bonds. The highest BCUT2D eigenvalue weighted by molar-refractivity contribution is 5.54. The van der Waals surface area contributed by atoms with Crippen molar-refractivity contribution in [3.8, 4) is 11.8 Å². The number of aliphatic hydroxyl groups excluding tert-OH is 1. The van der Waals surface area contributed by atoms with Crippen LogP contribution >= 0.6 is 0 Å². The molecule has 0 saturated heterocycles. The van der Waals surface area contributed by atoms with E-state index in [0.29, 0.717) is 0 Å². The molecule has 0 aromatic heterocycles. The van der Waals surface area contributed by atoms with Gasteiger partial charge in [-0.3, -0.25) is 0 Å². The van der Waals surface area contributed by atoms with Crippen molar-refractivity contribution in [3.63, 3.8) is 0 Å². The number of rotatable bonds is 3. The molecule has 2 heteroatoms. The Morgan fingerprint density at radius 2 is 2.00 bits per heavy atom. The van der Waals surface area contributed by atoms with Crippen molar-refractivity contribution in [1.82, 2.24) is 0 Å². The van der Waals surface area contributed by atoms with Gasteiger partial charge < -0.3 is 10.0 Å². The minimum atomic E-state index is -0.690. The number of hydrogen-bond acceptors (Lipinski definition) is 2. The van der Waals surface area contributed by atoms with Crippen molar-refractivity contribution in [2.75, 3.05) is 19.0 Å². The second-order valence-electron chi connectivity index (χ2n) is 3.93. The van der Waals surface area contributed by atoms with E-state index in [-0.39, 0.29) is 0 Å². The molecule has 1 aromatic carbocycles. The van der Waals surface area contributed by atoms with E-state index in [1.165, 1.54) is 0 Å². The van der Waals surface area contributed by atoms with Gasteiger partial charge in [0, 0.05) is 31.8 Å². The lowest BCUT2D eigenvalue weighted by Crippen LogP contribution is -2.12. The maximum Gasteiger partial charge on any atom is 0.142 e. The first-order valence-electron chi connectivity index (χ1n) is 5.59. The van der Waals surface area contributed by atoms with Crippen LogP contribution in [0.5, 0.6) is 0 Å². The molecular weight excluding hydrogens is 198 g/mol. The molecule has 0 bridgehead atoms. The van der Waals surface area contributed by atoms with Gasteiger partial charge in [-0.25, -0.2) is 0 Å². The van der Waals surface area contributed by atoms with Gasteiger partial charge in [-0.05, 0) is 12.5 Å². The largest absolute Gasteiger partial charge is 0.377 e.